The third kappa shape index (κ3) is 5.02. The molecule has 2 rings (SSSR count). The third-order valence-corrected chi connectivity index (χ3v) is 4.44. The lowest BCUT2D eigenvalue weighted by molar-refractivity contribution is -0.123. The van der Waals surface area contributed by atoms with Crippen LogP contribution >= 0.6 is 0 Å². The van der Waals surface area contributed by atoms with Crippen LogP contribution in [0.2, 0.25) is 0 Å². The van der Waals surface area contributed by atoms with Crippen LogP contribution in [0.1, 0.15) is 45.1 Å². The molecule has 1 amide bonds. The summed E-state index contributed by atoms with van der Waals surface area (Å²) in [6.07, 6.45) is 2.20. The van der Waals surface area contributed by atoms with E-state index in [9.17, 15) is 4.79 Å². The molecule has 1 aliphatic rings. The highest BCUT2D eigenvalue weighted by Crippen LogP contribution is 2.26. The molecular weight excluding hydrogens is 276 g/mol. The van der Waals surface area contributed by atoms with Crippen LogP contribution < -0.4 is 15.4 Å². The first-order chi connectivity index (χ1) is 10.5. The van der Waals surface area contributed by atoms with E-state index in [4.69, 9.17) is 4.74 Å². The van der Waals surface area contributed by atoms with Gasteiger partial charge in [-0.3, -0.25) is 4.79 Å². The van der Waals surface area contributed by atoms with Gasteiger partial charge < -0.3 is 15.4 Å². The van der Waals surface area contributed by atoms with E-state index in [-0.39, 0.29) is 17.9 Å². The Bertz CT molecular complexity index is 476. The van der Waals surface area contributed by atoms with Gasteiger partial charge in [0.1, 0.15) is 5.75 Å². The number of rotatable bonds is 6. The van der Waals surface area contributed by atoms with Gasteiger partial charge in [-0.1, -0.05) is 32.9 Å². The van der Waals surface area contributed by atoms with Crippen molar-refractivity contribution in [1.29, 1.82) is 0 Å². The molecule has 0 bridgehead atoms. The van der Waals surface area contributed by atoms with E-state index in [2.05, 4.69) is 31.4 Å². The number of hydrogen-bond acceptors (Lipinski definition) is 3. The van der Waals surface area contributed by atoms with E-state index in [1.165, 1.54) is 5.56 Å². The van der Waals surface area contributed by atoms with Gasteiger partial charge in [0, 0.05) is 6.54 Å². The Hall–Kier alpha value is -1.55. The number of benzene rings is 1. The molecule has 0 radical (unpaired) electrons. The summed E-state index contributed by atoms with van der Waals surface area (Å²) in [5, 5.41) is 6.35. The molecule has 0 unspecified atom stereocenters. The molecule has 1 saturated heterocycles. The van der Waals surface area contributed by atoms with Crippen LogP contribution in [0.25, 0.3) is 0 Å². The van der Waals surface area contributed by atoms with E-state index in [0.717, 1.165) is 38.2 Å². The number of nitrogens with one attached hydrogen (secondary N) is 2. The quantitative estimate of drug-likeness (QED) is 0.849. The lowest BCUT2D eigenvalue weighted by atomic mass is 9.81. The fourth-order valence-electron chi connectivity index (χ4n) is 2.67. The molecule has 0 aromatic heterocycles. The largest absolute Gasteiger partial charge is 0.484 e. The molecule has 0 spiro atoms. The van der Waals surface area contributed by atoms with Crippen molar-refractivity contribution in [1.82, 2.24) is 10.6 Å². The van der Waals surface area contributed by atoms with Crippen LogP contribution in [0.15, 0.2) is 24.3 Å². The summed E-state index contributed by atoms with van der Waals surface area (Å²) in [6.45, 7) is 9.42. The van der Waals surface area contributed by atoms with Crippen LogP contribution in [-0.2, 0) is 4.79 Å². The highest BCUT2D eigenvalue weighted by Gasteiger charge is 2.26. The van der Waals surface area contributed by atoms with Crippen molar-refractivity contribution >= 4 is 5.91 Å². The maximum absolute atomic E-state index is 11.9. The van der Waals surface area contributed by atoms with Gasteiger partial charge in [0.05, 0.1) is 0 Å². The molecule has 0 atom stereocenters. The van der Waals surface area contributed by atoms with E-state index < -0.39 is 0 Å². The summed E-state index contributed by atoms with van der Waals surface area (Å²) in [4.78, 5) is 11.9. The van der Waals surface area contributed by atoms with Gasteiger partial charge >= 0.3 is 0 Å². The van der Waals surface area contributed by atoms with Gasteiger partial charge in [-0.15, -0.1) is 0 Å². The van der Waals surface area contributed by atoms with E-state index in [1.54, 1.807) is 0 Å². The number of carbonyl (C=O) groups is 1. The van der Waals surface area contributed by atoms with Gasteiger partial charge in [0.2, 0.25) is 0 Å². The molecule has 0 saturated carbocycles. The first-order valence-corrected chi connectivity index (χ1v) is 8.19. The second-order valence-electron chi connectivity index (χ2n) is 6.85. The molecular formula is C18H28N2O2. The molecule has 2 N–H and O–H groups in total. The Labute approximate surface area is 133 Å². The molecule has 1 heterocycles. The lowest BCUT2D eigenvalue weighted by Crippen LogP contribution is -2.43. The molecule has 1 aliphatic heterocycles. The minimum Gasteiger partial charge on any atom is -0.484 e. The molecule has 1 aromatic carbocycles. The van der Waals surface area contributed by atoms with E-state index >= 15 is 0 Å². The van der Waals surface area contributed by atoms with Crippen molar-refractivity contribution in [3.8, 4) is 5.75 Å². The zero-order chi connectivity index (χ0) is 16.0. The normalized spacial score (nSPS) is 17.3. The fraction of sp³-hybridized carbons (Fsp3) is 0.611. The van der Waals surface area contributed by atoms with Crippen molar-refractivity contribution in [3.05, 3.63) is 29.8 Å². The molecule has 1 fully saturated rings. The lowest BCUT2D eigenvalue weighted by Gasteiger charge is -2.34. The van der Waals surface area contributed by atoms with Crippen molar-refractivity contribution in [3.63, 3.8) is 0 Å². The van der Waals surface area contributed by atoms with Crippen molar-refractivity contribution in [2.75, 3.05) is 26.2 Å². The first kappa shape index (κ1) is 16.8. The van der Waals surface area contributed by atoms with Gasteiger partial charge in [0.15, 0.2) is 6.61 Å². The zero-order valence-corrected chi connectivity index (χ0v) is 13.9. The number of carbonyl (C=O) groups excluding carboxylic acids is 1. The predicted octanol–water partition coefficient (Wildman–Crippen LogP) is 2.69. The Morgan fingerprint density at radius 1 is 1.27 bits per heavy atom. The summed E-state index contributed by atoms with van der Waals surface area (Å²) >= 11 is 0. The third-order valence-electron chi connectivity index (χ3n) is 4.44. The van der Waals surface area contributed by atoms with Crippen molar-refractivity contribution in [2.24, 2.45) is 5.41 Å². The second kappa shape index (κ2) is 7.63. The SMILES string of the molecule is CC(C)c1ccc(OCC(=O)NCC2(C)CCNCC2)cc1. The van der Waals surface area contributed by atoms with Gasteiger partial charge in [0.25, 0.3) is 5.91 Å². The van der Waals surface area contributed by atoms with E-state index in [0.29, 0.717) is 5.92 Å². The number of piperidine rings is 1. The number of hydrogen-bond donors (Lipinski definition) is 2. The summed E-state index contributed by atoms with van der Waals surface area (Å²) in [5.41, 5.74) is 1.48. The Morgan fingerprint density at radius 2 is 1.91 bits per heavy atom. The molecule has 0 aliphatic carbocycles. The molecule has 122 valence electrons. The summed E-state index contributed by atoms with van der Waals surface area (Å²) in [7, 11) is 0. The van der Waals surface area contributed by atoms with Crippen LogP contribution in [0.3, 0.4) is 0 Å². The Kier molecular flexibility index (Phi) is 5.83. The highest BCUT2D eigenvalue weighted by atomic mass is 16.5. The standard InChI is InChI=1S/C18H28N2O2/c1-14(2)15-4-6-16(7-5-15)22-12-17(21)20-13-18(3)8-10-19-11-9-18/h4-7,14,19H,8-13H2,1-3H3,(H,20,21). The van der Waals surface area contributed by atoms with Crippen molar-refractivity contribution < 1.29 is 9.53 Å². The van der Waals surface area contributed by atoms with Gasteiger partial charge in [-0.2, -0.15) is 0 Å². The summed E-state index contributed by atoms with van der Waals surface area (Å²) in [5.74, 6) is 1.20. The predicted molar refractivity (Wildman–Crippen MR) is 89.2 cm³/mol. The first-order valence-electron chi connectivity index (χ1n) is 8.19. The number of ether oxygens (including phenoxy) is 1. The average Bonchev–Trinajstić information content (AvgIpc) is 2.52. The number of amides is 1. The average molecular weight is 304 g/mol. The summed E-state index contributed by atoms with van der Waals surface area (Å²) in [6, 6.07) is 7.95. The zero-order valence-electron chi connectivity index (χ0n) is 13.9. The van der Waals surface area contributed by atoms with Crippen LogP contribution in [-0.4, -0.2) is 32.1 Å². The summed E-state index contributed by atoms with van der Waals surface area (Å²) < 4.78 is 5.55. The smallest absolute Gasteiger partial charge is 0.257 e. The maximum Gasteiger partial charge on any atom is 0.257 e. The van der Waals surface area contributed by atoms with E-state index in [1.807, 2.05) is 24.3 Å². The van der Waals surface area contributed by atoms with Crippen LogP contribution in [0.4, 0.5) is 0 Å². The minimum atomic E-state index is -0.0484. The topological polar surface area (TPSA) is 50.4 Å². The highest BCUT2D eigenvalue weighted by molar-refractivity contribution is 5.77. The molecule has 22 heavy (non-hydrogen) atoms. The minimum absolute atomic E-state index is 0.0484. The van der Waals surface area contributed by atoms with Crippen LogP contribution in [0.5, 0.6) is 5.75 Å². The maximum atomic E-state index is 11.9. The van der Waals surface area contributed by atoms with Gasteiger partial charge in [-0.05, 0) is 55.0 Å². The Morgan fingerprint density at radius 3 is 2.50 bits per heavy atom. The molecule has 4 heteroatoms. The fourth-order valence-corrected chi connectivity index (χ4v) is 2.67. The van der Waals surface area contributed by atoms with Crippen molar-refractivity contribution in [2.45, 2.75) is 39.5 Å². The molecule has 4 nitrogen and oxygen atoms in total. The van der Waals surface area contributed by atoms with Crippen LogP contribution in [0, 0.1) is 5.41 Å². The second-order valence-corrected chi connectivity index (χ2v) is 6.85. The molecule has 1 aromatic rings. The van der Waals surface area contributed by atoms with Gasteiger partial charge in [-0.25, -0.2) is 0 Å². The monoisotopic (exact) mass is 304 g/mol. The Balaban J connectivity index is 1.73.